The molecule has 0 spiro atoms. The Bertz CT molecular complexity index is 605. The fourth-order valence-corrected chi connectivity index (χ4v) is 2.47. The molecule has 4 heteroatoms. The molecule has 0 aliphatic carbocycles. The summed E-state index contributed by atoms with van der Waals surface area (Å²) in [6.45, 7) is 5.76. The standard InChI is InChI=1S/C18H24N2O2/c1-3-16-14(2)12-17(22-16)18(21)20(11-7-10-19)13-15-8-5-4-6-9-15/h4-6,8-9,12H,3,7,10-11,13,19H2,1-2H3. The van der Waals surface area contributed by atoms with Gasteiger partial charge < -0.3 is 15.1 Å². The van der Waals surface area contributed by atoms with Crippen molar-refractivity contribution in [3.8, 4) is 0 Å². The van der Waals surface area contributed by atoms with E-state index in [1.807, 2.05) is 50.2 Å². The summed E-state index contributed by atoms with van der Waals surface area (Å²) in [5, 5.41) is 0. The molecule has 0 atom stereocenters. The van der Waals surface area contributed by atoms with Crippen LogP contribution in [0.5, 0.6) is 0 Å². The maximum Gasteiger partial charge on any atom is 0.289 e. The number of furan rings is 1. The third kappa shape index (κ3) is 3.98. The molecule has 0 aliphatic rings. The summed E-state index contributed by atoms with van der Waals surface area (Å²) in [5.41, 5.74) is 7.73. The predicted molar refractivity (Wildman–Crippen MR) is 87.7 cm³/mol. The fraction of sp³-hybridized carbons (Fsp3) is 0.389. The van der Waals surface area contributed by atoms with E-state index >= 15 is 0 Å². The molecule has 1 aromatic carbocycles. The summed E-state index contributed by atoms with van der Waals surface area (Å²) < 4.78 is 5.70. The number of nitrogens with two attached hydrogens (primary N) is 1. The van der Waals surface area contributed by atoms with Gasteiger partial charge in [0.05, 0.1) is 0 Å². The molecule has 2 rings (SSSR count). The Morgan fingerprint density at radius 1 is 1.27 bits per heavy atom. The highest BCUT2D eigenvalue weighted by Crippen LogP contribution is 2.18. The Labute approximate surface area is 131 Å². The average molecular weight is 300 g/mol. The quantitative estimate of drug-likeness (QED) is 0.854. The molecule has 0 fully saturated rings. The van der Waals surface area contributed by atoms with Gasteiger partial charge in [0.1, 0.15) is 5.76 Å². The van der Waals surface area contributed by atoms with E-state index in [0.29, 0.717) is 25.4 Å². The lowest BCUT2D eigenvalue weighted by atomic mass is 10.2. The van der Waals surface area contributed by atoms with Crippen molar-refractivity contribution >= 4 is 5.91 Å². The van der Waals surface area contributed by atoms with Crippen LogP contribution in [0.1, 0.15) is 40.8 Å². The molecule has 2 aromatic rings. The van der Waals surface area contributed by atoms with Crippen LogP contribution in [0.3, 0.4) is 0 Å². The highest BCUT2D eigenvalue weighted by molar-refractivity contribution is 5.91. The zero-order chi connectivity index (χ0) is 15.9. The van der Waals surface area contributed by atoms with Gasteiger partial charge in [0.15, 0.2) is 5.76 Å². The van der Waals surface area contributed by atoms with Gasteiger partial charge >= 0.3 is 0 Å². The number of amides is 1. The average Bonchev–Trinajstić information content (AvgIpc) is 2.92. The van der Waals surface area contributed by atoms with Gasteiger partial charge in [-0.3, -0.25) is 4.79 Å². The van der Waals surface area contributed by atoms with Crippen LogP contribution in [-0.2, 0) is 13.0 Å². The van der Waals surface area contributed by atoms with Crippen LogP contribution < -0.4 is 5.73 Å². The molecule has 0 unspecified atom stereocenters. The highest BCUT2D eigenvalue weighted by atomic mass is 16.4. The number of carbonyl (C=O) groups is 1. The molecule has 0 saturated carbocycles. The first-order chi connectivity index (χ1) is 10.7. The van der Waals surface area contributed by atoms with E-state index in [0.717, 1.165) is 29.7 Å². The lowest BCUT2D eigenvalue weighted by Crippen LogP contribution is -2.32. The molecule has 0 radical (unpaired) electrons. The molecule has 22 heavy (non-hydrogen) atoms. The molecule has 4 nitrogen and oxygen atoms in total. The number of nitrogens with zero attached hydrogens (tertiary/aromatic N) is 1. The molecule has 1 heterocycles. The molecular formula is C18H24N2O2. The van der Waals surface area contributed by atoms with Crippen molar-refractivity contribution in [2.24, 2.45) is 5.73 Å². The van der Waals surface area contributed by atoms with Crippen LogP contribution in [0.2, 0.25) is 0 Å². The summed E-state index contributed by atoms with van der Waals surface area (Å²) in [5.74, 6) is 1.23. The third-order valence-electron chi connectivity index (χ3n) is 3.69. The normalized spacial score (nSPS) is 10.7. The molecule has 2 N–H and O–H groups in total. The largest absolute Gasteiger partial charge is 0.456 e. The van der Waals surface area contributed by atoms with E-state index in [1.165, 1.54) is 0 Å². The maximum absolute atomic E-state index is 12.7. The summed E-state index contributed by atoms with van der Waals surface area (Å²) in [7, 11) is 0. The number of hydrogen-bond donors (Lipinski definition) is 1. The summed E-state index contributed by atoms with van der Waals surface area (Å²) in [4.78, 5) is 14.5. The van der Waals surface area contributed by atoms with Crippen LogP contribution in [0, 0.1) is 6.92 Å². The van der Waals surface area contributed by atoms with E-state index in [9.17, 15) is 4.79 Å². The van der Waals surface area contributed by atoms with Crippen molar-refractivity contribution in [3.05, 3.63) is 59.0 Å². The van der Waals surface area contributed by atoms with Gasteiger partial charge in [-0.05, 0) is 37.1 Å². The lowest BCUT2D eigenvalue weighted by Gasteiger charge is -2.21. The highest BCUT2D eigenvalue weighted by Gasteiger charge is 2.20. The number of rotatable bonds is 7. The molecule has 1 amide bonds. The van der Waals surface area contributed by atoms with E-state index in [2.05, 4.69) is 0 Å². The van der Waals surface area contributed by atoms with Gasteiger partial charge in [-0.2, -0.15) is 0 Å². The van der Waals surface area contributed by atoms with Gasteiger partial charge in [0.25, 0.3) is 5.91 Å². The molecule has 0 aliphatic heterocycles. The Kier molecular flexibility index (Phi) is 5.78. The predicted octanol–water partition coefficient (Wildman–Crippen LogP) is 3.14. The smallest absolute Gasteiger partial charge is 0.289 e. The van der Waals surface area contributed by atoms with E-state index in [4.69, 9.17) is 10.2 Å². The zero-order valence-corrected chi connectivity index (χ0v) is 13.3. The van der Waals surface area contributed by atoms with Crippen molar-refractivity contribution in [3.63, 3.8) is 0 Å². The molecular weight excluding hydrogens is 276 g/mol. The second-order valence-corrected chi connectivity index (χ2v) is 5.42. The third-order valence-corrected chi connectivity index (χ3v) is 3.69. The molecule has 118 valence electrons. The summed E-state index contributed by atoms with van der Waals surface area (Å²) >= 11 is 0. The molecule has 0 saturated heterocycles. The van der Waals surface area contributed by atoms with Gasteiger partial charge in [-0.15, -0.1) is 0 Å². The summed E-state index contributed by atoms with van der Waals surface area (Å²) in [6, 6.07) is 11.8. The lowest BCUT2D eigenvalue weighted by molar-refractivity contribution is 0.0708. The van der Waals surface area contributed by atoms with E-state index < -0.39 is 0 Å². The summed E-state index contributed by atoms with van der Waals surface area (Å²) in [6.07, 6.45) is 1.57. The van der Waals surface area contributed by atoms with Gasteiger partial charge in [-0.25, -0.2) is 0 Å². The number of aryl methyl sites for hydroxylation is 2. The van der Waals surface area contributed by atoms with Gasteiger partial charge in [0, 0.05) is 19.5 Å². The maximum atomic E-state index is 12.7. The minimum absolute atomic E-state index is 0.0693. The first-order valence-electron chi connectivity index (χ1n) is 7.78. The Morgan fingerprint density at radius 3 is 2.59 bits per heavy atom. The van der Waals surface area contributed by atoms with E-state index in [1.54, 1.807) is 4.90 Å². The topological polar surface area (TPSA) is 59.5 Å². The second-order valence-electron chi connectivity index (χ2n) is 5.42. The van der Waals surface area contributed by atoms with Crippen LogP contribution in [0.15, 0.2) is 40.8 Å². The fourth-order valence-electron chi connectivity index (χ4n) is 2.47. The first kappa shape index (κ1) is 16.3. The van der Waals surface area contributed by atoms with Crippen molar-refractivity contribution < 1.29 is 9.21 Å². The van der Waals surface area contributed by atoms with Crippen molar-refractivity contribution in [2.45, 2.75) is 33.2 Å². The van der Waals surface area contributed by atoms with Crippen molar-refractivity contribution in [1.82, 2.24) is 4.90 Å². The molecule has 1 aromatic heterocycles. The number of hydrogen-bond acceptors (Lipinski definition) is 3. The second kappa shape index (κ2) is 7.80. The minimum atomic E-state index is -0.0693. The van der Waals surface area contributed by atoms with Crippen LogP contribution in [0.4, 0.5) is 0 Å². The Morgan fingerprint density at radius 2 is 2.00 bits per heavy atom. The van der Waals surface area contributed by atoms with Crippen LogP contribution in [0.25, 0.3) is 0 Å². The zero-order valence-electron chi connectivity index (χ0n) is 13.3. The number of benzene rings is 1. The Balaban J connectivity index is 2.17. The van der Waals surface area contributed by atoms with Crippen LogP contribution in [-0.4, -0.2) is 23.9 Å². The first-order valence-corrected chi connectivity index (χ1v) is 7.78. The van der Waals surface area contributed by atoms with E-state index in [-0.39, 0.29) is 5.91 Å². The number of carbonyl (C=O) groups excluding carboxylic acids is 1. The minimum Gasteiger partial charge on any atom is -0.456 e. The van der Waals surface area contributed by atoms with Crippen molar-refractivity contribution in [1.29, 1.82) is 0 Å². The van der Waals surface area contributed by atoms with Crippen molar-refractivity contribution in [2.75, 3.05) is 13.1 Å². The Hall–Kier alpha value is -2.07. The SMILES string of the molecule is CCc1oc(C(=O)N(CCCN)Cc2ccccc2)cc1C. The van der Waals surface area contributed by atoms with Gasteiger partial charge in [0.2, 0.25) is 0 Å². The van der Waals surface area contributed by atoms with Crippen LogP contribution >= 0.6 is 0 Å². The van der Waals surface area contributed by atoms with Gasteiger partial charge in [-0.1, -0.05) is 37.3 Å². The molecule has 0 bridgehead atoms. The monoisotopic (exact) mass is 300 g/mol.